The average molecular weight is 618 g/mol. The molecule has 1 unspecified atom stereocenters. The molecule has 1 aromatic carbocycles. The predicted octanol–water partition coefficient (Wildman–Crippen LogP) is 4.64. The number of amides is 1. The number of thiophene rings is 2. The second kappa shape index (κ2) is 11.7. The molecule has 0 radical (unpaired) electrons. The zero-order valence-electron chi connectivity index (χ0n) is 21.2. The highest BCUT2D eigenvalue weighted by Crippen LogP contribution is 2.38. The number of esters is 1. The van der Waals surface area contributed by atoms with E-state index in [0.29, 0.717) is 33.6 Å². The molecule has 1 fully saturated rings. The Balaban J connectivity index is 1.44. The van der Waals surface area contributed by atoms with Crippen molar-refractivity contribution in [2.24, 2.45) is 0 Å². The average Bonchev–Trinajstić information content (AvgIpc) is 3.62. The molecule has 0 bridgehead atoms. The maximum absolute atomic E-state index is 13.9. The van der Waals surface area contributed by atoms with E-state index in [4.69, 9.17) is 16.3 Å². The van der Waals surface area contributed by atoms with E-state index in [1.54, 1.807) is 54.7 Å². The molecule has 4 heterocycles. The minimum absolute atomic E-state index is 0.0125. The normalized spacial score (nSPS) is 15.9. The van der Waals surface area contributed by atoms with Crippen LogP contribution in [-0.4, -0.2) is 55.4 Å². The number of pyridine rings is 1. The van der Waals surface area contributed by atoms with E-state index < -0.39 is 34.5 Å². The first-order chi connectivity index (χ1) is 19.2. The van der Waals surface area contributed by atoms with Gasteiger partial charge in [-0.15, -0.1) is 22.7 Å². The number of piperidine rings is 1. The fraction of sp³-hybridized carbons (Fsp3) is 0.222. The lowest BCUT2D eigenvalue weighted by molar-refractivity contribution is -0.141. The number of carbonyl (C=O) groups excluding carboxylic acids is 2. The van der Waals surface area contributed by atoms with Crippen molar-refractivity contribution in [3.05, 3.63) is 87.6 Å². The number of nitrogens with zero attached hydrogens (tertiary/aromatic N) is 3. The minimum atomic E-state index is -4.24. The van der Waals surface area contributed by atoms with Crippen molar-refractivity contribution in [1.82, 2.24) is 8.87 Å². The van der Waals surface area contributed by atoms with Crippen LogP contribution in [0.15, 0.2) is 81.9 Å². The van der Waals surface area contributed by atoms with Crippen LogP contribution in [0.4, 0.5) is 5.69 Å². The molecule has 4 aromatic rings. The zero-order valence-corrected chi connectivity index (χ0v) is 24.4. The van der Waals surface area contributed by atoms with Crippen LogP contribution in [0.3, 0.4) is 0 Å². The van der Waals surface area contributed by atoms with Crippen LogP contribution in [0, 0.1) is 0 Å². The lowest BCUT2D eigenvalue weighted by Gasteiger charge is -2.37. The number of carbonyl (C=O) groups is 2. The molecule has 5 rings (SSSR count). The van der Waals surface area contributed by atoms with E-state index in [1.807, 2.05) is 6.07 Å². The van der Waals surface area contributed by atoms with Crippen LogP contribution in [-0.2, 0) is 24.3 Å². The van der Waals surface area contributed by atoms with Gasteiger partial charge in [-0.05, 0) is 67.4 Å². The molecular weight excluding hydrogens is 594 g/mol. The third-order valence-electron chi connectivity index (χ3n) is 6.49. The molecular formula is C27H24ClN3O6S3. The van der Waals surface area contributed by atoms with Crippen molar-refractivity contribution in [2.45, 2.75) is 23.1 Å². The maximum atomic E-state index is 13.9. The van der Waals surface area contributed by atoms with Crippen molar-refractivity contribution in [1.29, 1.82) is 0 Å². The number of anilines is 1. The molecule has 1 amide bonds. The number of ether oxygens (including phenoxy) is 1. The second-order valence-electron chi connectivity index (χ2n) is 8.92. The molecule has 0 spiro atoms. The van der Waals surface area contributed by atoms with Crippen molar-refractivity contribution in [3.63, 3.8) is 0 Å². The number of hydrogen-bond donors (Lipinski definition) is 0. The Morgan fingerprint density at radius 1 is 1.00 bits per heavy atom. The van der Waals surface area contributed by atoms with Crippen LogP contribution < -0.4 is 10.5 Å². The molecule has 1 atom stereocenters. The quantitative estimate of drug-likeness (QED) is 0.267. The number of aromatic nitrogens is 1. The van der Waals surface area contributed by atoms with Gasteiger partial charge in [0.1, 0.15) is 16.8 Å². The molecule has 0 aliphatic carbocycles. The standard InChI is InChI=1S/C27H24ClN3O6S3/c1-37-25(33)17-31(40(35,36)26-14-12-22(39-26)21-11-13-23(28)38-21)20-5-4-16-30(27(20)34)19-9-7-18(8-10-19)29-15-3-2-6-24(29)32/h2-3,6-15,20H,4-5,16-17H2,1H3. The third-order valence-corrected chi connectivity index (χ3v) is 11.3. The maximum Gasteiger partial charge on any atom is 0.321 e. The van der Waals surface area contributed by atoms with Gasteiger partial charge in [-0.2, -0.15) is 4.31 Å². The third kappa shape index (κ3) is 5.63. The van der Waals surface area contributed by atoms with Gasteiger partial charge in [0.2, 0.25) is 5.91 Å². The van der Waals surface area contributed by atoms with E-state index in [2.05, 4.69) is 0 Å². The largest absolute Gasteiger partial charge is 0.468 e. The first-order valence-electron chi connectivity index (χ1n) is 12.2. The molecule has 1 aliphatic heterocycles. The van der Waals surface area contributed by atoms with Crippen molar-refractivity contribution in [3.8, 4) is 15.4 Å². The summed E-state index contributed by atoms with van der Waals surface area (Å²) < 4.78 is 35.5. The first kappa shape index (κ1) is 28.2. The number of sulfonamides is 1. The Labute approximate surface area is 243 Å². The van der Waals surface area contributed by atoms with E-state index >= 15 is 0 Å². The highest BCUT2D eigenvalue weighted by Gasteiger charge is 2.42. The van der Waals surface area contributed by atoms with Crippen LogP contribution in [0.1, 0.15) is 12.8 Å². The Morgan fingerprint density at radius 2 is 1.70 bits per heavy atom. The van der Waals surface area contributed by atoms with E-state index in [1.165, 1.54) is 40.0 Å². The minimum Gasteiger partial charge on any atom is -0.468 e. The Morgan fingerprint density at radius 3 is 2.38 bits per heavy atom. The molecule has 40 heavy (non-hydrogen) atoms. The topological polar surface area (TPSA) is 106 Å². The molecule has 208 valence electrons. The summed E-state index contributed by atoms with van der Waals surface area (Å²) in [5, 5.41) is 0. The second-order valence-corrected chi connectivity index (χ2v) is 13.8. The lowest BCUT2D eigenvalue weighted by Crippen LogP contribution is -2.55. The summed E-state index contributed by atoms with van der Waals surface area (Å²) in [5.41, 5.74) is 1.00. The Kier molecular flexibility index (Phi) is 8.24. The summed E-state index contributed by atoms with van der Waals surface area (Å²) in [6.07, 6.45) is 2.42. The summed E-state index contributed by atoms with van der Waals surface area (Å²) in [6.45, 7) is -0.217. The zero-order chi connectivity index (χ0) is 28.4. The van der Waals surface area contributed by atoms with Gasteiger partial charge in [-0.1, -0.05) is 17.7 Å². The molecule has 3 aromatic heterocycles. The number of benzene rings is 1. The monoisotopic (exact) mass is 617 g/mol. The molecule has 9 nitrogen and oxygen atoms in total. The smallest absolute Gasteiger partial charge is 0.321 e. The van der Waals surface area contributed by atoms with Gasteiger partial charge in [0.25, 0.3) is 15.6 Å². The SMILES string of the molecule is COC(=O)CN(C1CCCN(c2ccc(-n3ccccc3=O)cc2)C1=O)S(=O)(=O)c1ccc(-c2ccc(Cl)s2)s1. The Bertz CT molecular complexity index is 1710. The first-order valence-corrected chi connectivity index (χ1v) is 15.7. The van der Waals surface area contributed by atoms with Gasteiger partial charge in [0.15, 0.2) is 0 Å². The van der Waals surface area contributed by atoms with E-state index in [9.17, 15) is 22.8 Å². The summed E-state index contributed by atoms with van der Waals surface area (Å²) in [4.78, 5) is 41.3. The fourth-order valence-corrected chi connectivity index (χ4v) is 8.65. The fourth-order valence-electron chi connectivity index (χ4n) is 4.52. The van der Waals surface area contributed by atoms with Gasteiger partial charge in [-0.3, -0.25) is 19.0 Å². The van der Waals surface area contributed by atoms with Crippen molar-refractivity contribution < 1.29 is 22.7 Å². The Hall–Kier alpha value is -3.29. The summed E-state index contributed by atoms with van der Waals surface area (Å²) in [5.74, 6) is -1.21. The van der Waals surface area contributed by atoms with Crippen LogP contribution >= 0.6 is 34.3 Å². The van der Waals surface area contributed by atoms with Crippen LogP contribution in [0.25, 0.3) is 15.4 Å². The van der Waals surface area contributed by atoms with E-state index in [-0.39, 0.29) is 16.2 Å². The number of methoxy groups -OCH3 is 1. The van der Waals surface area contributed by atoms with E-state index in [0.717, 1.165) is 20.5 Å². The summed E-state index contributed by atoms with van der Waals surface area (Å²) in [6, 6.07) is 17.3. The summed E-state index contributed by atoms with van der Waals surface area (Å²) >= 11 is 8.42. The highest BCUT2D eigenvalue weighted by atomic mass is 35.5. The van der Waals surface area contributed by atoms with Gasteiger partial charge in [0, 0.05) is 39.9 Å². The number of halogens is 1. The molecule has 1 aliphatic rings. The van der Waals surface area contributed by atoms with Crippen LogP contribution in [0.5, 0.6) is 0 Å². The molecule has 0 N–H and O–H groups in total. The number of rotatable bonds is 8. The van der Waals surface area contributed by atoms with Gasteiger partial charge < -0.3 is 9.64 Å². The van der Waals surface area contributed by atoms with Crippen molar-refractivity contribution >= 4 is 61.9 Å². The summed E-state index contributed by atoms with van der Waals surface area (Å²) in [7, 11) is -3.06. The predicted molar refractivity (Wildman–Crippen MR) is 156 cm³/mol. The molecule has 13 heteroatoms. The highest BCUT2D eigenvalue weighted by molar-refractivity contribution is 7.91. The molecule has 1 saturated heterocycles. The lowest BCUT2D eigenvalue weighted by atomic mass is 10.0. The van der Waals surface area contributed by atoms with Gasteiger partial charge in [0.05, 0.1) is 11.4 Å². The van der Waals surface area contributed by atoms with Gasteiger partial charge >= 0.3 is 5.97 Å². The van der Waals surface area contributed by atoms with Crippen molar-refractivity contribution in [2.75, 3.05) is 25.1 Å². The number of hydrogen-bond acceptors (Lipinski definition) is 8. The van der Waals surface area contributed by atoms with Crippen LogP contribution in [0.2, 0.25) is 4.34 Å². The van der Waals surface area contributed by atoms with Gasteiger partial charge in [-0.25, -0.2) is 8.42 Å². The molecule has 0 saturated carbocycles.